The third kappa shape index (κ3) is 6.22. The Hall–Kier alpha value is -0.620. The van der Waals surface area contributed by atoms with Crippen molar-refractivity contribution in [2.75, 3.05) is 26.4 Å². The van der Waals surface area contributed by atoms with Crippen LogP contribution in [0.5, 0.6) is 0 Å². The van der Waals surface area contributed by atoms with Crippen LogP contribution in [0.25, 0.3) is 0 Å². The van der Waals surface area contributed by atoms with Gasteiger partial charge in [0.1, 0.15) is 11.4 Å². The first-order chi connectivity index (χ1) is 12.2. The van der Waals surface area contributed by atoms with Gasteiger partial charge in [-0.1, -0.05) is 34.6 Å². The van der Waals surface area contributed by atoms with E-state index in [0.717, 1.165) is 24.4 Å². The molecule has 0 aromatic heterocycles. The molecule has 0 spiro atoms. The zero-order valence-corrected chi connectivity index (χ0v) is 17.6. The number of hydrogen-bond acceptors (Lipinski definition) is 5. The van der Waals surface area contributed by atoms with Crippen LogP contribution in [0.3, 0.4) is 0 Å². The summed E-state index contributed by atoms with van der Waals surface area (Å²) in [5.41, 5.74) is 6.18. The molecule has 1 aliphatic heterocycles. The topological polar surface area (TPSA) is 84.9 Å². The highest BCUT2D eigenvalue weighted by molar-refractivity contribution is 5.22. The Bertz CT molecular complexity index is 449. The quantitative estimate of drug-likeness (QED) is 0.486. The molecule has 0 aliphatic carbocycles. The first-order valence-corrected chi connectivity index (χ1v) is 10.1. The maximum Gasteiger partial charge on any atom is 0.114 e. The van der Waals surface area contributed by atoms with Crippen LogP contribution in [-0.2, 0) is 9.47 Å². The number of nitrogens with two attached hydrogens (primary N) is 1. The van der Waals surface area contributed by atoms with Gasteiger partial charge in [0.05, 0.1) is 12.7 Å². The summed E-state index contributed by atoms with van der Waals surface area (Å²) >= 11 is 0. The van der Waals surface area contributed by atoms with Gasteiger partial charge in [-0.05, 0) is 37.6 Å². The fourth-order valence-corrected chi connectivity index (χ4v) is 3.91. The lowest BCUT2D eigenvalue weighted by Crippen LogP contribution is -2.49. The third-order valence-electron chi connectivity index (χ3n) is 5.62. The Labute approximate surface area is 159 Å². The second kappa shape index (κ2) is 10.6. The minimum atomic E-state index is -0.592. The average molecular weight is 372 g/mol. The highest BCUT2D eigenvalue weighted by atomic mass is 16.5. The van der Waals surface area contributed by atoms with Crippen molar-refractivity contribution in [1.82, 2.24) is 0 Å². The first-order valence-electron chi connectivity index (χ1n) is 10.1. The monoisotopic (exact) mass is 371 g/mol. The summed E-state index contributed by atoms with van der Waals surface area (Å²) in [6.45, 7) is 14.4. The molecule has 4 N–H and O–H groups in total. The largest absolute Gasteiger partial charge is 0.491 e. The molecule has 0 saturated carbocycles. The molecule has 0 bridgehead atoms. The molecule has 0 amide bonds. The predicted octanol–water partition coefficient (Wildman–Crippen LogP) is 3.09. The normalized spacial score (nSPS) is 26.3. The van der Waals surface area contributed by atoms with E-state index in [9.17, 15) is 10.2 Å². The molecular formula is C21H41NO4. The number of ether oxygens (including phenoxy) is 2. The van der Waals surface area contributed by atoms with Gasteiger partial charge in [0.2, 0.25) is 0 Å². The Balaban J connectivity index is 2.95. The summed E-state index contributed by atoms with van der Waals surface area (Å²) in [6.07, 6.45) is 1.55. The molecule has 2 unspecified atom stereocenters. The van der Waals surface area contributed by atoms with Crippen molar-refractivity contribution in [2.24, 2.45) is 29.4 Å². The van der Waals surface area contributed by atoms with Gasteiger partial charge in [0.25, 0.3) is 0 Å². The molecule has 5 nitrogen and oxygen atoms in total. The van der Waals surface area contributed by atoms with E-state index in [-0.39, 0.29) is 24.4 Å². The fourth-order valence-electron chi connectivity index (χ4n) is 3.91. The number of rotatable bonds is 11. The van der Waals surface area contributed by atoms with Gasteiger partial charge in [-0.2, -0.15) is 0 Å². The highest BCUT2D eigenvalue weighted by Crippen LogP contribution is 2.42. The van der Waals surface area contributed by atoms with Gasteiger partial charge in [-0.15, -0.1) is 0 Å². The van der Waals surface area contributed by atoms with Gasteiger partial charge in [-0.25, -0.2) is 0 Å². The summed E-state index contributed by atoms with van der Waals surface area (Å²) in [6, 6.07) is 0. The maximum absolute atomic E-state index is 10.9. The van der Waals surface area contributed by atoms with Crippen molar-refractivity contribution in [3.05, 3.63) is 11.3 Å². The summed E-state index contributed by atoms with van der Waals surface area (Å²) in [5, 5.41) is 20.7. The highest BCUT2D eigenvalue weighted by Gasteiger charge is 2.45. The van der Waals surface area contributed by atoms with Gasteiger partial charge >= 0.3 is 0 Å². The van der Waals surface area contributed by atoms with Crippen LogP contribution in [0.2, 0.25) is 0 Å². The number of aliphatic hydroxyl groups is 2. The van der Waals surface area contributed by atoms with Crippen molar-refractivity contribution in [2.45, 2.75) is 72.5 Å². The first kappa shape index (κ1) is 23.4. The molecule has 0 radical (unpaired) electrons. The average Bonchev–Trinajstić information content (AvgIpc) is 2.53. The van der Waals surface area contributed by atoms with Crippen LogP contribution < -0.4 is 5.73 Å². The van der Waals surface area contributed by atoms with Crippen LogP contribution in [0, 0.1) is 23.7 Å². The van der Waals surface area contributed by atoms with E-state index in [0.29, 0.717) is 31.9 Å². The van der Waals surface area contributed by atoms with Crippen molar-refractivity contribution in [3.8, 4) is 0 Å². The van der Waals surface area contributed by atoms with Crippen LogP contribution >= 0.6 is 0 Å². The van der Waals surface area contributed by atoms with E-state index in [2.05, 4.69) is 27.7 Å². The molecule has 5 heteroatoms. The maximum atomic E-state index is 10.9. The molecule has 1 heterocycles. The number of hydrogen-bond donors (Lipinski definition) is 3. The summed E-state index contributed by atoms with van der Waals surface area (Å²) in [5.74, 6) is 1.70. The minimum absolute atomic E-state index is 0.0382. The Kier molecular flexibility index (Phi) is 9.59. The molecule has 0 saturated heterocycles. The van der Waals surface area contributed by atoms with Crippen molar-refractivity contribution < 1.29 is 19.7 Å². The van der Waals surface area contributed by atoms with Crippen LogP contribution in [-0.4, -0.2) is 48.3 Å². The van der Waals surface area contributed by atoms with E-state index in [4.69, 9.17) is 15.2 Å². The lowest BCUT2D eigenvalue weighted by Gasteiger charge is -2.46. The van der Waals surface area contributed by atoms with E-state index in [1.165, 1.54) is 0 Å². The second-order valence-corrected chi connectivity index (χ2v) is 8.73. The smallest absolute Gasteiger partial charge is 0.114 e. The molecule has 0 aromatic rings. The van der Waals surface area contributed by atoms with E-state index < -0.39 is 11.7 Å². The molecular weight excluding hydrogens is 330 g/mol. The Morgan fingerprint density at radius 2 is 1.88 bits per heavy atom. The molecule has 154 valence electrons. The fraction of sp³-hybridized carbons (Fsp3) is 0.905. The SMILES string of the molecule is CC(C)CCOCCC1=C([C@@H](C)CN)C(O)C[C@@](C)(C(CO)C(C)C)O1. The summed E-state index contributed by atoms with van der Waals surface area (Å²) < 4.78 is 12.2. The molecule has 26 heavy (non-hydrogen) atoms. The van der Waals surface area contributed by atoms with Gasteiger partial charge < -0.3 is 25.4 Å². The van der Waals surface area contributed by atoms with Gasteiger partial charge in [0, 0.05) is 37.5 Å². The molecule has 4 atom stereocenters. The molecule has 0 fully saturated rings. The lowest BCUT2D eigenvalue weighted by molar-refractivity contribution is -0.111. The predicted molar refractivity (Wildman–Crippen MR) is 106 cm³/mol. The minimum Gasteiger partial charge on any atom is -0.491 e. The zero-order chi connectivity index (χ0) is 19.9. The van der Waals surface area contributed by atoms with Gasteiger partial charge in [0.15, 0.2) is 0 Å². The van der Waals surface area contributed by atoms with Crippen LogP contribution in [0.1, 0.15) is 60.8 Å². The molecule has 1 aliphatic rings. The van der Waals surface area contributed by atoms with E-state index >= 15 is 0 Å². The van der Waals surface area contributed by atoms with E-state index in [1.54, 1.807) is 0 Å². The van der Waals surface area contributed by atoms with Crippen LogP contribution in [0.4, 0.5) is 0 Å². The Morgan fingerprint density at radius 3 is 2.38 bits per heavy atom. The standard InChI is InChI=1S/C21H41NO4/c1-14(2)7-9-25-10-8-19-20(16(5)12-22)18(24)11-21(6,26-19)17(13-23)15(3)4/h14-18,23-24H,7-13,22H2,1-6H3/t16-,17?,18?,21-/m0/s1. The van der Waals surface area contributed by atoms with E-state index in [1.807, 2.05) is 13.8 Å². The van der Waals surface area contributed by atoms with Crippen molar-refractivity contribution in [1.29, 1.82) is 0 Å². The number of aliphatic hydroxyl groups excluding tert-OH is 2. The van der Waals surface area contributed by atoms with Crippen molar-refractivity contribution in [3.63, 3.8) is 0 Å². The zero-order valence-electron chi connectivity index (χ0n) is 17.6. The summed E-state index contributed by atoms with van der Waals surface area (Å²) in [4.78, 5) is 0. The van der Waals surface area contributed by atoms with Gasteiger partial charge in [-0.3, -0.25) is 0 Å². The Morgan fingerprint density at radius 1 is 1.23 bits per heavy atom. The third-order valence-corrected chi connectivity index (χ3v) is 5.62. The molecule has 1 rings (SSSR count). The lowest BCUT2D eigenvalue weighted by atomic mass is 9.74. The van der Waals surface area contributed by atoms with Crippen molar-refractivity contribution >= 4 is 0 Å². The summed E-state index contributed by atoms with van der Waals surface area (Å²) in [7, 11) is 0. The van der Waals surface area contributed by atoms with Crippen LogP contribution in [0.15, 0.2) is 11.3 Å². The second-order valence-electron chi connectivity index (χ2n) is 8.73. The molecule has 0 aromatic carbocycles.